The van der Waals surface area contributed by atoms with E-state index in [1.807, 2.05) is 0 Å². The molecule has 0 bridgehead atoms. The van der Waals surface area contributed by atoms with Crippen molar-refractivity contribution in [2.75, 3.05) is 32.0 Å². The van der Waals surface area contributed by atoms with E-state index >= 15 is 0 Å². The molecule has 0 amide bonds. The first-order chi connectivity index (χ1) is 9.19. The minimum absolute atomic E-state index is 0.502. The third-order valence-corrected chi connectivity index (χ3v) is 3.67. The summed E-state index contributed by atoms with van der Waals surface area (Å²) in [6.45, 7) is 4.83. The Labute approximate surface area is 115 Å². The Kier molecular flexibility index (Phi) is 4.80. The molecule has 0 saturated heterocycles. The molecule has 0 radical (unpaired) electrons. The first-order valence-corrected chi connectivity index (χ1v) is 7.06. The number of hydrogen-bond donors (Lipinski definition) is 2. The Bertz CT molecular complexity index is 453. The van der Waals surface area contributed by atoms with Gasteiger partial charge in [-0.2, -0.15) is 0 Å². The summed E-state index contributed by atoms with van der Waals surface area (Å²) < 4.78 is 0. The molecule has 3 N–H and O–H groups in total. The van der Waals surface area contributed by atoms with E-state index in [0.717, 1.165) is 25.3 Å². The molecule has 1 aromatic carbocycles. The van der Waals surface area contributed by atoms with Crippen LogP contribution in [0.4, 0.5) is 5.69 Å². The summed E-state index contributed by atoms with van der Waals surface area (Å²) in [7, 11) is 2.08. The maximum atomic E-state index is 5.90. The van der Waals surface area contributed by atoms with Gasteiger partial charge in [0.25, 0.3) is 0 Å². The average molecular weight is 260 g/mol. The fraction of sp³-hybridized carbons (Fsp3) is 0.533. The van der Waals surface area contributed by atoms with Crippen LogP contribution in [0.1, 0.15) is 24.5 Å². The maximum absolute atomic E-state index is 5.90. The first kappa shape index (κ1) is 13.9. The van der Waals surface area contributed by atoms with Crippen LogP contribution in [-0.4, -0.2) is 37.5 Å². The number of nitrogens with one attached hydrogen (secondary N) is 1. The lowest BCUT2D eigenvalue weighted by Gasteiger charge is -2.12. The van der Waals surface area contributed by atoms with Gasteiger partial charge in [-0.3, -0.25) is 4.99 Å². The minimum Gasteiger partial charge on any atom is -0.370 e. The molecule has 0 spiro atoms. The Balaban J connectivity index is 1.88. The van der Waals surface area contributed by atoms with Gasteiger partial charge in [0, 0.05) is 12.2 Å². The third kappa shape index (κ3) is 3.96. The number of guanidine groups is 1. The van der Waals surface area contributed by atoms with E-state index in [9.17, 15) is 0 Å². The van der Waals surface area contributed by atoms with Crippen molar-refractivity contribution in [1.82, 2.24) is 4.90 Å². The Hall–Kier alpha value is -1.55. The van der Waals surface area contributed by atoms with Crippen LogP contribution in [0, 0.1) is 0 Å². The van der Waals surface area contributed by atoms with Crippen molar-refractivity contribution in [1.29, 1.82) is 0 Å². The van der Waals surface area contributed by atoms with E-state index in [0.29, 0.717) is 5.96 Å². The number of fused-ring (bicyclic) bond motifs is 1. The molecule has 4 nitrogen and oxygen atoms in total. The number of aryl methyl sites for hydroxylation is 2. The van der Waals surface area contributed by atoms with Gasteiger partial charge in [0.1, 0.15) is 0 Å². The Morgan fingerprint density at radius 2 is 2.16 bits per heavy atom. The normalized spacial score (nSPS) is 14.8. The van der Waals surface area contributed by atoms with Gasteiger partial charge in [-0.15, -0.1) is 0 Å². The topological polar surface area (TPSA) is 53.6 Å². The largest absolute Gasteiger partial charge is 0.370 e. The predicted octanol–water partition coefficient (Wildman–Crippen LogP) is 1.85. The zero-order chi connectivity index (χ0) is 13.7. The highest BCUT2D eigenvalue weighted by atomic mass is 15.1. The van der Waals surface area contributed by atoms with Crippen molar-refractivity contribution in [3.8, 4) is 0 Å². The van der Waals surface area contributed by atoms with E-state index in [-0.39, 0.29) is 0 Å². The lowest BCUT2D eigenvalue weighted by atomic mass is 10.1. The van der Waals surface area contributed by atoms with Crippen molar-refractivity contribution in [3.05, 3.63) is 29.3 Å². The summed E-state index contributed by atoms with van der Waals surface area (Å²) in [5.41, 5.74) is 9.87. The van der Waals surface area contributed by atoms with Crippen LogP contribution in [0.3, 0.4) is 0 Å². The first-order valence-electron chi connectivity index (χ1n) is 7.06. The fourth-order valence-corrected chi connectivity index (χ4v) is 2.34. The number of benzene rings is 1. The standard InChI is InChI=1S/C15H24N4/c1-3-19(2)10-9-17-15(16)18-14-8-7-12-5-4-6-13(12)11-14/h7-8,11H,3-6,9-10H2,1-2H3,(H3,16,17,18). The number of aliphatic imine (C=N–C) groups is 1. The van der Waals surface area contributed by atoms with E-state index in [1.165, 1.54) is 30.4 Å². The van der Waals surface area contributed by atoms with E-state index < -0.39 is 0 Å². The van der Waals surface area contributed by atoms with Gasteiger partial charge >= 0.3 is 0 Å². The molecule has 4 heteroatoms. The second kappa shape index (κ2) is 6.57. The summed E-state index contributed by atoms with van der Waals surface area (Å²) in [5, 5.41) is 3.17. The second-order valence-electron chi connectivity index (χ2n) is 5.12. The van der Waals surface area contributed by atoms with Crippen LogP contribution in [0.2, 0.25) is 0 Å². The van der Waals surface area contributed by atoms with Crippen LogP contribution in [0.15, 0.2) is 23.2 Å². The van der Waals surface area contributed by atoms with Crippen LogP contribution < -0.4 is 11.1 Å². The van der Waals surface area contributed by atoms with Gasteiger partial charge < -0.3 is 16.0 Å². The molecule has 0 fully saturated rings. The molecule has 0 atom stereocenters. The Morgan fingerprint density at radius 3 is 2.95 bits per heavy atom. The number of hydrogen-bond acceptors (Lipinski definition) is 2. The van der Waals surface area contributed by atoms with Crippen molar-refractivity contribution >= 4 is 11.6 Å². The zero-order valence-corrected chi connectivity index (χ0v) is 11.9. The summed E-state index contributed by atoms with van der Waals surface area (Å²) in [6, 6.07) is 6.48. The fourth-order valence-electron chi connectivity index (χ4n) is 2.34. The molecule has 1 aliphatic carbocycles. The highest BCUT2D eigenvalue weighted by Crippen LogP contribution is 2.24. The van der Waals surface area contributed by atoms with Crippen molar-refractivity contribution < 1.29 is 0 Å². The van der Waals surface area contributed by atoms with Crippen LogP contribution in [0.5, 0.6) is 0 Å². The van der Waals surface area contributed by atoms with Crippen molar-refractivity contribution in [2.45, 2.75) is 26.2 Å². The van der Waals surface area contributed by atoms with Gasteiger partial charge in [-0.05, 0) is 56.1 Å². The molecule has 0 saturated carbocycles. The van der Waals surface area contributed by atoms with Gasteiger partial charge in [0.2, 0.25) is 0 Å². The van der Waals surface area contributed by atoms with Crippen LogP contribution in [-0.2, 0) is 12.8 Å². The lowest BCUT2D eigenvalue weighted by molar-refractivity contribution is 0.363. The second-order valence-corrected chi connectivity index (χ2v) is 5.12. The van der Waals surface area contributed by atoms with Crippen molar-refractivity contribution in [2.24, 2.45) is 10.7 Å². The SMILES string of the molecule is CCN(C)CCN=C(N)Nc1ccc2c(c1)CCC2. The molecule has 1 aromatic rings. The van der Waals surface area contributed by atoms with E-state index in [4.69, 9.17) is 5.73 Å². The number of rotatable bonds is 5. The van der Waals surface area contributed by atoms with Crippen LogP contribution >= 0.6 is 0 Å². The van der Waals surface area contributed by atoms with Gasteiger partial charge in [-0.25, -0.2) is 0 Å². The minimum atomic E-state index is 0.502. The van der Waals surface area contributed by atoms with Crippen molar-refractivity contribution in [3.63, 3.8) is 0 Å². The number of anilines is 1. The summed E-state index contributed by atoms with van der Waals surface area (Å²) in [6.07, 6.45) is 3.66. The molecule has 0 aliphatic heterocycles. The van der Waals surface area contributed by atoms with E-state index in [2.05, 4.69) is 47.4 Å². The van der Waals surface area contributed by atoms with Gasteiger partial charge in [-0.1, -0.05) is 13.0 Å². The van der Waals surface area contributed by atoms with Gasteiger partial charge in [0.15, 0.2) is 5.96 Å². The maximum Gasteiger partial charge on any atom is 0.193 e. The molecule has 2 rings (SSSR count). The number of nitrogens with zero attached hydrogens (tertiary/aromatic N) is 2. The molecule has 1 aliphatic rings. The third-order valence-electron chi connectivity index (χ3n) is 3.67. The zero-order valence-electron chi connectivity index (χ0n) is 11.9. The predicted molar refractivity (Wildman–Crippen MR) is 81.8 cm³/mol. The monoisotopic (exact) mass is 260 g/mol. The molecule has 0 heterocycles. The van der Waals surface area contributed by atoms with E-state index in [1.54, 1.807) is 0 Å². The highest BCUT2D eigenvalue weighted by Gasteiger charge is 2.10. The molecule has 0 aromatic heterocycles. The quantitative estimate of drug-likeness (QED) is 0.627. The van der Waals surface area contributed by atoms with Gasteiger partial charge in [0.05, 0.1) is 6.54 Å². The number of nitrogens with two attached hydrogens (primary N) is 1. The Morgan fingerprint density at radius 1 is 1.37 bits per heavy atom. The molecular formula is C15H24N4. The summed E-state index contributed by atoms with van der Waals surface area (Å²) in [4.78, 5) is 6.56. The highest BCUT2D eigenvalue weighted by molar-refractivity contribution is 5.92. The smallest absolute Gasteiger partial charge is 0.193 e. The molecular weight excluding hydrogens is 236 g/mol. The number of likely N-dealkylation sites (N-methyl/N-ethyl adjacent to an activating group) is 1. The summed E-state index contributed by atoms with van der Waals surface area (Å²) in [5.74, 6) is 0.502. The lowest BCUT2D eigenvalue weighted by Crippen LogP contribution is -2.26. The molecule has 104 valence electrons. The molecule has 19 heavy (non-hydrogen) atoms. The summed E-state index contributed by atoms with van der Waals surface area (Å²) >= 11 is 0. The average Bonchev–Trinajstić information content (AvgIpc) is 2.85. The molecule has 0 unspecified atom stereocenters. The van der Waals surface area contributed by atoms with Crippen LogP contribution in [0.25, 0.3) is 0 Å².